The van der Waals surface area contributed by atoms with Crippen LogP contribution in [0.15, 0.2) is 16.3 Å². The van der Waals surface area contributed by atoms with Crippen LogP contribution in [0, 0.1) is 5.92 Å². The third-order valence-corrected chi connectivity index (χ3v) is 5.30. The summed E-state index contributed by atoms with van der Waals surface area (Å²) in [6, 6.07) is 1.48. The van der Waals surface area contributed by atoms with Crippen LogP contribution in [0.25, 0.3) is 0 Å². The number of nitrogens with one attached hydrogen (secondary N) is 2. The summed E-state index contributed by atoms with van der Waals surface area (Å²) in [6.45, 7) is 4.97. The Morgan fingerprint density at radius 1 is 1.42 bits per heavy atom. The minimum absolute atomic E-state index is 0.171. The summed E-state index contributed by atoms with van der Waals surface area (Å²) >= 11 is 1.44. The monoisotopic (exact) mass is 306 g/mol. The second-order valence-electron chi connectivity index (χ2n) is 4.71. The lowest BCUT2D eigenvalue weighted by Gasteiger charge is -2.20. The van der Waals surface area contributed by atoms with Gasteiger partial charge in [-0.2, -0.15) is 0 Å². The number of ether oxygens (including phenoxy) is 1. The van der Waals surface area contributed by atoms with Gasteiger partial charge in [-0.25, -0.2) is 13.1 Å². The van der Waals surface area contributed by atoms with Gasteiger partial charge in [0.15, 0.2) is 0 Å². The molecule has 0 aliphatic carbocycles. The maximum Gasteiger partial charge on any atom is 0.241 e. The van der Waals surface area contributed by atoms with Crippen molar-refractivity contribution in [3.8, 4) is 0 Å². The number of hydrogen-bond donors (Lipinski definition) is 2. The zero-order chi connectivity index (χ0) is 14.5. The molecule has 7 heteroatoms. The molecular formula is C12H22N2O3S2. The molecular weight excluding hydrogens is 284 g/mol. The minimum atomic E-state index is -3.47. The van der Waals surface area contributed by atoms with Crippen molar-refractivity contribution >= 4 is 21.4 Å². The molecule has 1 aromatic heterocycles. The van der Waals surface area contributed by atoms with Gasteiger partial charge in [0, 0.05) is 30.0 Å². The number of thiophene rings is 1. The molecule has 0 aromatic carbocycles. The van der Waals surface area contributed by atoms with Crippen molar-refractivity contribution in [2.75, 3.05) is 20.8 Å². The normalized spacial score (nSPS) is 13.9. The molecule has 19 heavy (non-hydrogen) atoms. The van der Waals surface area contributed by atoms with Crippen molar-refractivity contribution in [1.29, 1.82) is 0 Å². The molecule has 1 unspecified atom stereocenters. The summed E-state index contributed by atoms with van der Waals surface area (Å²) in [4.78, 5) is 1.32. The van der Waals surface area contributed by atoms with E-state index in [9.17, 15) is 8.42 Å². The van der Waals surface area contributed by atoms with E-state index in [0.29, 0.717) is 18.0 Å². The van der Waals surface area contributed by atoms with Gasteiger partial charge in [0.1, 0.15) is 0 Å². The first-order valence-electron chi connectivity index (χ1n) is 6.14. The molecule has 110 valence electrons. The van der Waals surface area contributed by atoms with E-state index in [2.05, 4.69) is 10.0 Å². The van der Waals surface area contributed by atoms with Crippen LogP contribution in [0.1, 0.15) is 18.7 Å². The van der Waals surface area contributed by atoms with Crippen LogP contribution in [0.3, 0.4) is 0 Å². The lowest BCUT2D eigenvalue weighted by molar-refractivity contribution is 0.157. The van der Waals surface area contributed by atoms with Gasteiger partial charge in [-0.1, -0.05) is 13.8 Å². The fourth-order valence-corrected chi connectivity index (χ4v) is 4.23. The Morgan fingerprint density at radius 2 is 2.11 bits per heavy atom. The minimum Gasteiger partial charge on any atom is -0.383 e. The van der Waals surface area contributed by atoms with E-state index in [1.165, 1.54) is 11.3 Å². The summed E-state index contributed by atoms with van der Waals surface area (Å²) in [5, 5.41) is 4.67. The predicted octanol–water partition coefficient (Wildman–Crippen LogP) is 1.42. The number of methoxy groups -OCH3 is 1. The van der Waals surface area contributed by atoms with Crippen LogP contribution in [0.2, 0.25) is 0 Å². The van der Waals surface area contributed by atoms with Crippen LogP contribution >= 0.6 is 11.3 Å². The third-order valence-electron chi connectivity index (χ3n) is 2.75. The molecule has 0 bridgehead atoms. The Labute approximate surface area is 119 Å². The fourth-order valence-electron chi connectivity index (χ4n) is 1.58. The smallest absolute Gasteiger partial charge is 0.241 e. The lowest BCUT2D eigenvalue weighted by atomic mass is 10.1. The molecule has 1 atom stereocenters. The van der Waals surface area contributed by atoms with Gasteiger partial charge in [0.2, 0.25) is 10.0 Å². The SMILES string of the molecule is CNCc1cc(S(=O)(=O)NC(COC)C(C)C)cs1. The first-order valence-corrected chi connectivity index (χ1v) is 8.50. The quantitative estimate of drug-likeness (QED) is 0.762. The van der Waals surface area contributed by atoms with Gasteiger partial charge >= 0.3 is 0 Å². The molecule has 0 aliphatic rings. The number of sulfonamides is 1. The molecule has 0 radical (unpaired) electrons. The van der Waals surface area contributed by atoms with Crippen LogP contribution in [0.4, 0.5) is 0 Å². The Bertz CT molecular complexity index is 483. The average Bonchev–Trinajstić information content (AvgIpc) is 2.78. The molecule has 0 saturated heterocycles. The zero-order valence-electron chi connectivity index (χ0n) is 11.8. The largest absolute Gasteiger partial charge is 0.383 e. The molecule has 0 saturated carbocycles. The molecule has 1 aromatic rings. The summed E-state index contributed by atoms with van der Waals surface area (Å²) in [6.07, 6.45) is 0. The highest BCUT2D eigenvalue weighted by Gasteiger charge is 2.23. The first kappa shape index (κ1) is 16.6. The first-order chi connectivity index (χ1) is 8.90. The van der Waals surface area contributed by atoms with Crippen LogP contribution in [-0.2, 0) is 21.3 Å². The van der Waals surface area contributed by atoms with E-state index >= 15 is 0 Å². The van der Waals surface area contributed by atoms with Crippen molar-refractivity contribution in [2.45, 2.75) is 31.3 Å². The van der Waals surface area contributed by atoms with Gasteiger partial charge in [0.25, 0.3) is 0 Å². The molecule has 0 aliphatic heterocycles. The van der Waals surface area contributed by atoms with Crippen molar-refractivity contribution in [1.82, 2.24) is 10.0 Å². The molecule has 5 nitrogen and oxygen atoms in total. The van der Waals surface area contributed by atoms with Gasteiger partial charge in [-0.05, 0) is 19.0 Å². The molecule has 2 N–H and O–H groups in total. The second-order valence-corrected chi connectivity index (χ2v) is 7.42. The van der Waals surface area contributed by atoms with Crippen molar-refractivity contribution in [3.63, 3.8) is 0 Å². The van der Waals surface area contributed by atoms with E-state index in [-0.39, 0.29) is 12.0 Å². The average molecular weight is 306 g/mol. The molecule has 0 spiro atoms. The molecule has 1 heterocycles. The Kier molecular flexibility index (Phi) is 6.41. The summed E-state index contributed by atoms with van der Waals surface area (Å²) in [5.41, 5.74) is 0. The van der Waals surface area contributed by atoms with Gasteiger partial charge in [-0.15, -0.1) is 11.3 Å². The van der Waals surface area contributed by atoms with E-state index in [1.807, 2.05) is 20.9 Å². The topological polar surface area (TPSA) is 67.4 Å². The maximum atomic E-state index is 12.3. The summed E-state index contributed by atoms with van der Waals surface area (Å²) < 4.78 is 32.3. The standard InChI is InChI=1S/C12H22N2O3S2/c1-9(2)12(7-17-4)14-19(15,16)11-5-10(6-13-3)18-8-11/h5,8-9,12-14H,6-7H2,1-4H3. The van der Waals surface area contributed by atoms with E-state index in [1.54, 1.807) is 18.6 Å². The van der Waals surface area contributed by atoms with E-state index in [4.69, 9.17) is 4.74 Å². The highest BCUT2D eigenvalue weighted by molar-refractivity contribution is 7.89. The Hall–Kier alpha value is -0.470. The van der Waals surface area contributed by atoms with Gasteiger partial charge < -0.3 is 10.1 Å². The van der Waals surface area contributed by atoms with Crippen molar-refractivity contribution in [2.24, 2.45) is 5.92 Å². The highest BCUT2D eigenvalue weighted by atomic mass is 32.2. The second kappa shape index (κ2) is 7.35. The molecule has 1 rings (SSSR count). The Morgan fingerprint density at radius 3 is 2.63 bits per heavy atom. The Balaban J connectivity index is 2.83. The fraction of sp³-hybridized carbons (Fsp3) is 0.667. The predicted molar refractivity (Wildman–Crippen MR) is 77.9 cm³/mol. The highest BCUT2D eigenvalue weighted by Crippen LogP contribution is 2.20. The summed E-state index contributed by atoms with van der Waals surface area (Å²) in [7, 11) is -0.0699. The maximum absolute atomic E-state index is 12.3. The number of rotatable bonds is 8. The third kappa shape index (κ3) is 4.85. The lowest BCUT2D eigenvalue weighted by Crippen LogP contribution is -2.41. The zero-order valence-corrected chi connectivity index (χ0v) is 13.4. The van der Waals surface area contributed by atoms with Crippen LogP contribution < -0.4 is 10.0 Å². The van der Waals surface area contributed by atoms with Crippen LogP contribution in [0.5, 0.6) is 0 Å². The van der Waals surface area contributed by atoms with Gasteiger partial charge in [0.05, 0.1) is 11.5 Å². The van der Waals surface area contributed by atoms with E-state index in [0.717, 1.165) is 4.88 Å². The van der Waals surface area contributed by atoms with E-state index < -0.39 is 10.0 Å². The summed E-state index contributed by atoms with van der Waals surface area (Å²) in [5.74, 6) is 0.171. The number of hydrogen-bond acceptors (Lipinski definition) is 5. The molecule has 0 fully saturated rings. The van der Waals surface area contributed by atoms with Crippen molar-refractivity contribution < 1.29 is 13.2 Å². The molecule has 0 amide bonds. The van der Waals surface area contributed by atoms with Gasteiger partial charge in [-0.3, -0.25) is 0 Å². The van der Waals surface area contributed by atoms with Crippen LogP contribution in [-0.4, -0.2) is 35.2 Å². The van der Waals surface area contributed by atoms with Crippen molar-refractivity contribution in [3.05, 3.63) is 16.3 Å².